The summed E-state index contributed by atoms with van der Waals surface area (Å²) in [5.41, 5.74) is 1.38. The highest BCUT2D eigenvalue weighted by atomic mass is 31.2. The maximum Gasteiger partial charge on any atom is 0.259 e. The summed E-state index contributed by atoms with van der Waals surface area (Å²) >= 11 is 0. The van der Waals surface area contributed by atoms with Crippen molar-refractivity contribution in [2.45, 2.75) is 128 Å². The second-order valence-corrected chi connectivity index (χ2v) is 27.0. The predicted octanol–water partition coefficient (Wildman–Crippen LogP) is 12.0. The van der Waals surface area contributed by atoms with E-state index in [1.807, 2.05) is 89.5 Å². The van der Waals surface area contributed by atoms with Crippen molar-refractivity contribution in [3.05, 3.63) is 144 Å². The monoisotopic (exact) mass is 1060 g/mol. The molecule has 4 atom stereocenters. The first-order valence-corrected chi connectivity index (χ1v) is 29.0. The minimum atomic E-state index is -2.43. The van der Waals surface area contributed by atoms with Crippen molar-refractivity contribution in [3.63, 3.8) is 0 Å². The van der Waals surface area contributed by atoms with Gasteiger partial charge >= 0.3 is 0 Å². The van der Waals surface area contributed by atoms with Gasteiger partial charge in [-0.1, -0.05) is 114 Å². The Hall–Kier alpha value is -5.64. The standard InChI is InChI=1S/C57H74N7O9PSi/c1-39(2)64(40(3)4)74(71-33-19-32-58)73-52-50(68-38-72-75(41(5)6,42(7)8)43(9)10)34-69-56(52,63-37-61-51-53(59-36-60-54(51)63)62-55(65)44-20-15-13-16-21-44)35-70-57(45-22-17-14-18-23-45,46-24-28-48(66-11)29-25-46)47-26-30-49(67-12)31-27-47/h13-18,20-31,36-37,39-43,50,52H,19,33-35,38H2,1-12H3,(H,59,60,62,65)/t50-,52-,56-,74?/m0/s1. The molecule has 0 bridgehead atoms. The molecule has 75 heavy (non-hydrogen) atoms. The summed E-state index contributed by atoms with van der Waals surface area (Å²) in [6.45, 7) is 21.7. The van der Waals surface area contributed by atoms with E-state index in [0.717, 1.165) is 16.7 Å². The molecule has 1 amide bonds. The van der Waals surface area contributed by atoms with Crippen LogP contribution in [0.4, 0.5) is 5.82 Å². The molecule has 1 aliphatic heterocycles. The topological polar surface area (TPSA) is 174 Å². The predicted molar refractivity (Wildman–Crippen MR) is 294 cm³/mol. The fraction of sp³-hybridized carbons (Fsp3) is 0.456. The highest BCUT2D eigenvalue weighted by molar-refractivity contribution is 7.44. The van der Waals surface area contributed by atoms with Crippen LogP contribution in [0.3, 0.4) is 0 Å². The number of carbonyl (C=O) groups is 1. The number of nitriles is 1. The number of nitrogens with zero attached hydrogens (tertiary/aromatic N) is 6. The van der Waals surface area contributed by atoms with Gasteiger partial charge in [-0.3, -0.25) is 9.36 Å². The Balaban J connectivity index is 1.48. The summed E-state index contributed by atoms with van der Waals surface area (Å²) in [6, 6.07) is 36.7. The largest absolute Gasteiger partial charge is 0.497 e. The molecule has 1 fully saturated rings. The lowest BCUT2D eigenvalue weighted by molar-refractivity contribution is -0.180. The lowest BCUT2D eigenvalue weighted by atomic mass is 9.80. The zero-order valence-electron chi connectivity index (χ0n) is 45.4. The molecule has 0 spiro atoms. The fourth-order valence-electron chi connectivity index (χ4n) is 10.7. The molecule has 4 aromatic carbocycles. The molecule has 400 valence electrons. The number of rotatable bonds is 26. The van der Waals surface area contributed by atoms with Crippen LogP contribution in [0.5, 0.6) is 11.5 Å². The Morgan fingerprint density at radius 1 is 0.813 bits per heavy atom. The van der Waals surface area contributed by atoms with E-state index in [1.165, 1.54) is 6.33 Å². The fourth-order valence-corrected chi connectivity index (χ4v) is 17.8. The van der Waals surface area contributed by atoms with Gasteiger partial charge in [0.1, 0.15) is 42.4 Å². The summed E-state index contributed by atoms with van der Waals surface area (Å²) in [4.78, 5) is 28.0. The third-order valence-electron chi connectivity index (χ3n) is 14.1. The molecule has 1 aliphatic rings. The first-order chi connectivity index (χ1) is 36.1. The average molecular weight is 1060 g/mol. The summed E-state index contributed by atoms with van der Waals surface area (Å²) < 4.78 is 58.8. The maximum atomic E-state index is 13.7. The van der Waals surface area contributed by atoms with Gasteiger partial charge < -0.3 is 42.5 Å². The van der Waals surface area contributed by atoms with Crippen LogP contribution in [-0.2, 0) is 39.0 Å². The molecule has 1 unspecified atom stereocenters. The number of ether oxygens (including phenoxy) is 5. The zero-order chi connectivity index (χ0) is 53.9. The van der Waals surface area contributed by atoms with E-state index in [9.17, 15) is 10.1 Å². The Labute approximate surface area is 445 Å². The Bertz CT molecular complexity index is 2720. The van der Waals surface area contributed by atoms with Crippen LogP contribution >= 0.6 is 8.53 Å². The molecule has 7 rings (SSSR count). The van der Waals surface area contributed by atoms with Crippen molar-refractivity contribution in [3.8, 4) is 17.6 Å². The SMILES string of the molecule is COc1ccc(C(OC[C@]2(n3cnc4c(NC(=O)c5ccccc5)ncnc43)OC[C@H](OCO[Si](C(C)C)(C(C)C)C(C)C)[C@@H]2OP(OCCC#N)N(C(C)C)C(C)C)(c2ccccc2)c2ccc(OC)cc2)cc1. The van der Waals surface area contributed by atoms with Crippen molar-refractivity contribution in [1.29, 1.82) is 5.26 Å². The number of nitrogens with one attached hydrogen (secondary N) is 1. The van der Waals surface area contributed by atoms with Gasteiger partial charge in [0, 0.05) is 17.6 Å². The van der Waals surface area contributed by atoms with E-state index >= 15 is 0 Å². The lowest BCUT2D eigenvalue weighted by Crippen LogP contribution is -2.53. The molecule has 0 aliphatic carbocycles. The van der Waals surface area contributed by atoms with Gasteiger partial charge in [-0.15, -0.1) is 0 Å². The molecule has 1 saturated heterocycles. The minimum absolute atomic E-state index is 0.0213. The van der Waals surface area contributed by atoms with Crippen LogP contribution in [0.2, 0.25) is 16.6 Å². The molecular weight excluding hydrogens is 986 g/mol. The smallest absolute Gasteiger partial charge is 0.259 e. The second-order valence-electron chi connectivity index (χ2n) is 20.1. The Morgan fingerprint density at radius 3 is 1.91 bits per heavy atom. The van der Waals surface area contributed by atoms with Crippen molar-refractivity contribution >= 4 is 39.7 Å². The first kappa shape index (κ1) is 57.1. The maximum absolute atomic E-state index is 13.7. The highest BCUT2D eigenvalue weighted by Gasteiger charge is 2.58. The number of imidazole rings is 1. The van der Waals surface area contributed by atoms with Crippen molar-refractivity contribution in [1.82, 2.24) is 24.2 Å². The van der Waals surface area contributed by atoms with Gasteiger partial charge in [-0.25, -0.2) is 19.6 Å². The first-order valence-electron chi connectivity index (χ1n) is 25.8. The van der Waals surface area contributed by atoms with Crippen LogP contribution in [-0.4, -0.2) is 104 Å². The summed E-state index contributed by atoms with van der Waals surface area (Å²) in [5.74, 6) is 1.17. The van der Waals surface area contributed by atoms with Gasteiger partial charge in [-0.05, 0) is 97.4 Å². The summed E-state index contributed by atoms with van der Waals surface area (Å²) in [7, 11) is -1.10. The highest BCUT2D eigenvalue weighted by Crippen LogP contribution is 2.53. The molecule has 0 saturated carbocycles. The quantitative estimate of drug-likeness (QED) is 0.0179. The number of methoxy groups -OCH3 is 2. The minimum Gasteiger partial charge on any atom is -0.497 e. The summed E-state index contributed by atoms with van der Waals surface area (Å²) in [5, 5.41) is 12.7. The van der Waals surface area contributed by atoms with Gasteiger partial charge in [0.2, 0.25) is 14.0 Å². The van der Waals surface area contributed by atoms with Gasteiger partial charge in [-0.2, -0.15) is 5.26 Å². The molecule has 1 N–H and O–H groups in total. The molecule has 0 radical (unpaired) electrons. The normalized spacial score (nSPS) is 17.7. The molecule has 2 aromatic heterocycles. The third kappa shape index (κ3) is 12.0. The van der Waals surface area contributed by atoms with Gasteiger partial charge in [0.15, 0.2) is 17.0 Å². The van der Waals surface area contributed by atoms with Crippen molar-refractivity contribution in [2.75, 3.05) is 46.1 Å². The molecular formula is C57H74N7O9PSi. The lowest BCUT2D eigenvalue weighted by Gasteiger charge is -2.44. The number of fused-ring (bicyclic) bond motifs is 1. The van der Waals surface area contributed by atoms with Gasteiger partial charge in [0.25, 0.3) is 14.4 Å². The number of hydrogen-bond donors (Lipinski definition) is 1. The van der Waals surface area contributed by atoms with Crippen LogP contribution < -0.4 is 14.8 Å². The molecule has 18 heteroatoms. The number of anilines is 1. The number of carbonyl (C=O) groups excluding carboxylic acids is 1. The van der Waals surface area contributed by atoms with Crippen molar-refractivity contribution in [2.24, 2.45) is 0 Å². The molecule has 16 nitrogen and oxygen atoms in total. The number of hydrogen-bond acceptors (Lipinski definition) is 14. The van der Waals surface area contributed by atoms with Crippen molar-refractivity contribution < 1.29 is 42.0 Å². The van der Waals surface area contributed by atoms with E-state index in [-0.39, 0.29) is 56.8 Å². The van der Waals surface area contributed by atoms with Crippen LogP contribution in [0.25, 0.3) is 11.2 Å². The summed E-state index contributed by atoms with van der Waals surface area (Å²) in [6.07, 6.45) is 1.33. The Kier molecular flexibility index (Phi) is 19.4. The van der Waals surface area contributed by atoms with Crippen LogP contribution in [0.15, 0.2) is 122 Å². The molecule has 6 aromatic rings. The van der Waals surface area contributed by atoms with E-state index in [0.29, 0.717) is 44.8 Å². The second kappa shape index (κ2) is 25.5. The Morgan fingerprint density at radius 2 is 1.37 bits per heavy atom. The number of amides is 1. The van der Waals surface area contributed by atoms with E-state index in [4.69, 9.17) is 47.1 Å². The molecule has 3 heterocycles. The van der Waals surface area contributed by atoms with Gasteiger partial charge in [0.05, 0.1) is 52.9 Å². The van der Waals surface area contributed by atoms with E-state index in [2.05, 4.69) is 90.3 Å². The zero-order valence-corrected chi connectivity index (χ0v) is 47.3. The van der Waals surface area contributed by atoms with E-state index in [1.54, 1.807) is 44.8 Å². The third-order valence-corrected chi connectivity index (χ3v) is 22.3. The number of aromatic nitrogens is 4. The number of benzene rings is 4. The average Bonchev–Trinajstić information content (AvgIpc) is 4.01. The van der Waals surface area contributed by atoms with Crippen LogP contribution in [0, 0.1) is 11.3 Å². The van der Waals surface area contributed by atoms with E-state index < -0.39 is 40.4 Å². The van der Waals surface area contributed by atoms with Crippen LogP contribution in [0.1, 0.15) is 103 Å².